The molecule has 0 saturated carbocycles. The highest BCUT2D eigenvalue weighted by atomic mass is 16.5. The van der Waals surface area contributed by atoms with Crippen LogP contribution in [0.4, 0.5) is 11.4 Å². The number of nitrogen functional groups attached to an aromatic ring is 1. The maximum atomic E-state index is 11.3. The molecule has 0 aliphatic carbocycles. The number of nitrogens with two attached hydrogens (primary N) is 2. The van der Waals surface area contributed by atoms with Crippen LogP contribution < -0.4 is 16.8 Å². The van der Waals surface area contributed by atoms with Crippen molar-refractivity contribution in [3.63, 3.8) is 0 Å². The minimum absolute atomic E-state index is 0.270. The van der Waals surface area contributed by atoms with Crippen molar-refractivity contribution in [1.82, 2.24) is 0 Å². The lowest BCUT2D eigenvalue weighted by atomic mass is 10.1. The van der Waals surface area contributed by atoms with Gasteiger partial charge in [0.15, 0.2) is 0 Å². The molecule has 0 unspecified atom stereocenters. The van der Waals surface area contributed by atoms with Crippen LogP contribution in [0.3, 0.4) is 0 Å². The summed E-state index contributed by atoms with van der Waals surface area (Å²) in [6.45, 7) is 5.56. The number of hydrogen-bond donors (Lipinski definition) is 3. The summed E-state index contributed by atoms with van der Waals surface area (Å²) in [4.78, 5) is 11.3. The van der Waals surface area contributed by atoms with Gasteiger partial charge in [0.2, 0.25) is 0 Å². The summed E-state index contributed by atoms with van der Waals surface area (Å²) in [7, 11) is 0. The van der Waals surface area contributed by atoms with Crippen LogP contribution in [0.25, 0.3) is 0 Å². The van der Waals surface area contributed by atoms with Crippen molar-refractivity contribution in [2.75, 3.05) is 24.2 Å². The van der Waals surface area contributed by atoms with Gasteiger partial charge in [-0.2, -0.15) is 0 Å². The van der Waals surface area contributed by atoms with E-state index >= 15 is 0 Å². The molecule has 0 aliphatic heterocycles. The Balaban J connectivity index is 2.39. The van der Waals surface area contributed by atoms with E-state index < -0.39 is 5.91 Å². The molecule has 0 radical (unpaired) electrons. The Bertz CT molecular complexity index is 419. The van der Waals surface area contributed by atoms with E-state index in [1.807, 2.05) is 13.8 Å². The van der Waals surface area contributed by atoms with E-state index in [-0.39, 0.29) is 6.10 Å². The second-order valence-corrected chi connectivity index (χ2v) is 4.72. The minimum Gasteiger partial charge on any atom is -0.399 e. The van der Waals surface area contributed by atoms with Crippen LogP contribution >= 0.6 is 0 Å². The van der Waals surface area contributed by atoms with Crippen LogP contribution in [0, 0.1) is 0 Å². The monoisotopic (exact) mass is 265 g/mol. The first-order valence-electron chi connectivity index (χ1n) is 6.55. The first kappa shape index (κ1) is 15.3. The number of carbonyl (C=O) groups excluding carboxylic acids is 1. The van der Waals surface area contributed by atoms with E-state index in [2.05, 4.69) is 5.32 Å². The Morgan fingerprint density at radius 3 is 2.74 bits per heavy atom. The van der Waals surface area contributed by atoms with E-state index in [9.17, 15) is 4.79 Å². The highest BCUT2D eigenvalue weighted by Crippen LogP contribution is 2.18. The van der Waals surface area contributed by atoms with Crippen LogP contribution in [0.15, 0.2) is 18.2 Å². The quantitative estimate of drug-likeness (QED) is 0.495. The number of benzene rings is 1. The van der Waals surface area contributed by atoms with E-state index in [0.717, 1.165) is 31.7 Å². The zero-order valence-electron chi connectivity index (χ0n) is 11.6. The Hall–Kier alpha value is -1.75. The number of rotatable bonds is 8. The average Bonchev–Trinajstić information content (AvgIpc) is 2.34. The molecule has 5 nitrogen and oxygen atoms in total. The van der Waals surface area contributed by atoms with Crippen molar-refractivity contribution < 1.29 is 9.53 Å². The van der Waals surface area contributed by atoms with E-state index in [0.29, 0.717) is 11.3 Å². The number of carbonyl (C=O) groups is 1. The molecular formula is C14H23N3O2. The Morgan fingerprint density at radius 2 is 2.11 bits per heavy atom. The van der Waals surface area contributed by atoms with Gasteiger partial charge in [-0.1, -0.05) is 0 Å². The number of unbranched alkanes of at least 4 members (excludes halogenated alkanes) is 1. The molecule has 5 heteroatoms. The average molecular weight is 265 g/mol. The fraction of sp³-hybridized carbons (Fsp3) is 0.500. The number of anilines is 2. The summed E-state index contributed by atoms with van der Waals surface area (Å²) in [5, 5.41) is 3.20. The van der Waals surface area contributed by atoms with Crippen molar-refractivity contribution in [2.24, 2.45) is 5.73 Å². The molecule has 1 aromatic rings. The summed E-state index contributed by atoms with van der Waals surface area (Å²) in [5.74, 6) is -0.474. The highest BCUT2D eigenvalue weighted by molar-refractivity contribution is 5.99. The third-order valence-corrected chi connectivity index (χ3v) is 2.65. The Labute approximate surface area is 114 Å². The number of amides is 1. The van der Waals surface area contributed by atoms with Crippen molar-refractivity contribution in [2.45, 2.75) is 32.8 Å². The summed E-state index contributed by atoms with van der Waals surface area (Å²) in [6, 6.07) is 5.11. The molecule has 0 atom stereocenters. The zero-order chi connectivity index (χ0) is 14.3. The van der Waals surface area contributed by atoms with Crippen molar-refractivity contribution in [3.05, 3.63) is 23.8 Å². The van der Waals surface area contributed by atoms with Gasteiger partial charge in [0, 0.05) is 24.5 Å². The van der Waals surface area contributed by atoms with Crippen molar-refractivity contribution in [1.29, 1.82) is 0 Å². The molecule has 19 heavy (non-hydrogen) atoms. The van der Waals surface area contributed by atoms with Gasteiger partial charge in [-0.3, -0.25) is 4.79 Å². The lowest BCUT2D eigenvalue weighted by molar-refractivity contribution is 0.0765. The van der Waals surface area contributed by atoms with Gasteiger partial charge in [0.1, 0.15) is 0 Å². The summed E-state index contributed by atoms with van der Waals surface area (Å²) in [6.07, 6.45) is 2.22. The normalized spacial score (nSPS) is 10.7. The summed E-state index contributed by atoms with van der Waals surface area (Å²) < 4.78 is 5.45. The van der Waals surface area contributed by atoms with Crippen LogP contribution in [-0.2, 0) is 4.74 Å². The van der Waals surface area contributed by atoms with Gasteiger partial charge in [-0.25, -0.2) is 0 Å². The Morgan fingerprint density at radius 1 is 1.37 bits per heavy atom. The van der Waals surface area contributed by atoms with Gasteiger partial charge in [-0.15, -0.1) is 0 Å². The van der Waals surface area contributed by atoms with Gasteiger partial charge in [0.05, 0.1) is 11.7 Å². The van der Waals surface area contributed by atoms with Crippen molar-refractivity contribution >= 4 is 17.3 Å². The van der Waals surface area contributed by atoms with E-state index in [1.165, 1.54) is 0 Å². The van der Waals surface area contributed by atoms with Crippen LogP contribution in [0.1, 0.15) is 37.0 Å². The van der Waals surface area contributed by atoms with Gasteiger partial charge >= 0.3 is 0 Å². The van der Waals surface area contributed by atoms with Crippen molar-refractivity contribution in [3.8, 4) is 0 Å². The number of hydrogen-bond acceptors (Lipinski definition) is 4. The maximum Gasteiger partial charge on any atom is 0.250 e. The van der Waals surface area contributed by atoms with Crippen LogP contribution in [0.5, 0.6) is 0 Å². The molecular weight excluding hydrogens is 242 g/mol. The highest BCUT2D eigenvalue weighted by Gasteiger charge is 2.07. The lowest BCUT2D eigenvalue weighted by Crippen LogP contribution is -2.15. The SMILES string of the molecule is CC(C)OCCCCNc1ccc(N)cc1C(N)=O. The third kappa shape index (κ3) is 5.61. The summed E-state index contributed by atoms with van der Waals surface area (Å²) in [5.41, 5.74) is 12.6. The molecule has 0 aromatic heterocycles. The molecule has 0 aliphatic rings. The van der Waals surface area contributed by atoms with Crippen LogP contribution in [0.2, 0.25) is 0 Å². The molecule has 0 heterocycles. The second kappa shape index (κ2) is 7.63. The van der Waals surface area contributed by atoms with Gasteiger partial charge < -0.3 is 21.5 Å². The number of nitrogens with one attached hydrogen (secondary N) is 1. The number of ether oxygens (including phenoxy) is 1. The first-order valence-corrected chi connectivity index (χ1v) is 6.55. The van der Waals surface area contributed by atoms with E-state index in [1.54, 1.807) is 18.2 Å². The molecule has 5 N–H and O–H groups in total. The topological polar surface area (TPSA) is 90.4 Å². The zero-order valence-corrected chi connectivity index (χ0v) is 11.6. The fourth-order valence-corrected chi connectivity index (χ4v) is 1.69. The molecule has 106 valence electrons. The smallest absolute Gasteiger partial charge is 0.250 e. The summed E-state index contributed by atoms with van der Waals surface area (Å²) >= 11 is 0. The van der Waals surface area contributed by atoms with E-state index in [4.69, 9.17) is 16.2 Å². The molecule has 0 bridgehead atoms. The number of primary amides is 1. The van der Waals surface area contributed by atoms with Crippen LogP contribution in [-0.4, -0.2) is 25.2 Å². The minimum atomic E-state index is -0.474. The van der Waals surface area contributed by atoms with Gasteiger partial charge in [-0.05, 0) is 44.9 Å². The fourth-order valence-electron chi connectivity index (χ4n) is 1.69. The lowest BCUT2D eigenvalue weighted by Gasteiger charge is -2.11. The predicted octanol–water partition coefficient (Wildman–Crippen LogP) is 1.98. The third-order valence-electron chi connectivity index (χ3n) is 2.65. The Kier molecular flexibility index (Phi) is 6.15. The molecule has 1 aromatic carbocycles. The molecule has 0 saturated heterocycles. The standard InChI is InChI=1S/C14H23N3O2/c1-10(2)19-8-4-3-7-17-13-6-5-11(15)9-12(13)14(16)18/h5-6,9-10,17H,3-4,7-8,15H2,1-2H3,(H2,16,18). The second-order valence-electron chi connectivity index (χ2n) is 4.72. The van der Waals surface area contributed by atoms with Gasteiger partial charge in [0.25, 0.3) is 5.91 Å². The molecule has 0 spiro atoms. The predicted molar refractivity (Wildman–Crippen MR) is 78.2 cm³/mol. The first-order chi connectivity index (χ1) is 9.00. The molecule has 1 rings (SSSR count). The maximum absolute atomic E-state index is 11.3. The largest absolute Gasteiger partial charge is 0.399 e. The molecule has 1 amide bonds. The molecule has 0 fully saturated rings.